The zero-order valence-electron chi connectivity index (χ0n) is 13.8. The predicted octanol–water partition coefficient (Wildman–Crippen LogP) is 3.28. The summed E-state index contributed by atoms with van der Waals surface area (Å²) in [6.45, 7) is 8.99. The van der Waals surface area contributed by atoms with Gasteiger partial charge in [0.15, 0.2) is 0 Å². The molecule has 5 nitrogen and oxygen atoms in total. The Kier molecular flexibility index (Phi) is 5.04. The zero-order chi connectivity index (χ0) is 15.5. The van der Waals surface area contributed by atoms with Crippen molar-refractivity contribution >= 4 is 0 Å². The van der Waals surface area contributed by atoms with Crippen molar-refractivity contribution in [2.24, 2.45) is 5.73 Å². The molecule has 1 aliphatic rings. The van der Waals surface area contributed by atoms with Crippen molar-refractivity contribution in [3.63, 3.8) is 0 Å². The Morgan fingerprint density at radius 3 is 2.62 bits per heavy atom. The molecule has 0 spiro atoms. The third-order valence-electron chi connectivity index (χ3n) is 5.16. The molecule has 1 aliphatic carbocycles. The Balaban J connectivity index is 2.32. The molecule has 2 unspecified atom stereocenters. The monoisotopic (exact) mass is 295 g/mol. The molecule has 1 saturated carbocycles. The molecular formula is C16H29N3O2. The van der Waals surface area contributed by atoms with Gasteiger partial charge in [0, 0.05) is 12.6 Å². The quantitative estimate of drug-likeness (QED) is 0.871. The second-order valence-corrected chi connectivity index (χ2v) is 6.33. The van der Waals surface area contributed by atoms with Crippen LogP contribution in [-0.2, 0) is 15.8 Å². The minimum atomic E-state index is -0.439. The molecule has 5 heteroatoms. The van der Waals surface area contributed by atoms with Crippen molar-refractivity contribution < 1.29 is 9.26 Å². The first-order chi connectivity index (χ1) is 10.0. The Morgan fingerprint density at radius 2 is 2.05 bits per heavy atom. The predicted molar refractivity (Wildman–Crippen MR) is 82.0 cm³/mol. The topological polar surface area (TPSA) is 74.2 Å². The third-order valence-corrected chi connectivity index (χ3v) is 5.16. The first-order valence-electron chi connectivity index (χ1n) is 8.26. The number of nitrogens with two attached hydrogens (primary N) is 1. The summed E-state index contributed by atoms with van der Waals surface area (Å²) in [6, 6.07) is 0.0873. The Labute approximate surface area is 127 Å². The Morgan fingerprint density at radius 1 is 1.33 bits per heavy atom. The van der Waals surface area contributed by atoms with Crippen LogP contribution >= 0.6 is 0 Å². The maximum atomic E-state index is 6.33. The molecular weight excluding hydrogens is 266 g/mol. The Hall–Kier alpha value is -0.940. The fourth-order valence-electron chi connectivity index (χ4n) is 3.38. The van der Waals surface area contributed by atoms with Crippen LogP contribution in [0.2, 0.25) is 0 Å². The van der Waals surface area contributed by atoms with Gasteiger partial charge in [-0.05, 0) is 39.5 Å². The molecule has 1 aromatic rings. The summed E-state index contributed by atoms with van der Waals surface area (Å²) < 4.78 is 11.6. The maximum absolute atomic E-state index is 6.33. The molecule has 2 atom stereocenters. The lowest BCUT2D eigenvalue weighted by molar-refractivity contribution is -0.0583. The van der Waals surface area contributed by atoms with Crippen LogP contribution in [0, 0.1) is 0 Å². The van der Waals surface area contributed by atoms with Crippen LogP contribution < -0.4 is 5.73 Å². The summed E-state index contributed by atoms with van der Waals surface area (Å²) >= 11 is 0. The molecule has 0 aromatic carbocycles. The average Bonchev–Trinajstić information content (AvgIpc) is 2.99. The number of hydrogen-bond acceptors (Lipinski definition) is 5. The van der Waals surface area contributed by atoms with Gasteiger partial charge in [-0.1, -0.05) is 31.8 Å². The van der Waals surface area contributed by atoms with E-state index in [2.05, 4.69) is 25.9 Å². The molecule has 0 amide bonds. The van der Waals surface area contributed by atoms with E-state index in [-0.39, 0.29) is 11.5 Å². The number of aromatic nitrogens is 2. The van der Waals surface area contributed by atoms with E-state index in [0.29, 0.717) is 18.3 Å². The summed E-state index contributed by atoms with van der Waals surface area (Å²) in [7, 11) is 0. The van der Waals surface area contributed by atoms with E-state index in [4.69, 9.17) is 20.0 Å². The lowest BCUT2D eigenvalue weighted by Crippen LogP contribution is -2.45. The van der Waals surface area contributed by atoms with E-state index in [1.54, 1.807) is 0 Å². The van der Waals surface area contributed by atoms with Gasteiger partial charge < -0.3 is 15.0 Å². The standard InChI is InChI=1S/C16H29N3O2/c1-5-16(6-2,20-7-3)13-18-14(21-19-13)15(4)11-9-8-10-12(15)17/h12H,5-11,17H2,1-4H3. The van der Waals surface area contributed by atoms with Gasteiger partial charge in [0.25, 0.3) is 0 Å². The van der Waals surface area contributed by atoms with Crippen molar-refractivity contribution in [2.45, 2.75) is 83.3 Å². The molecule has 21 heavy (non-hydrogen) atoms. The van der Waals surface area contributed by atoms with Crippen LogP contribution in [0.4, 0.5) is 0 Å². The first kappa shape index (κ1) is 16.4. The molecule has 1 aromatic heterocycles. The van der Waals surface area contributed by atoms with Crippen molar-refractivity contribution in [3.8, 4) is 0 Å². The smallest absolute Gasteiger partial charge is 0.234 e. The van der Waals surface area contributed by atoms with Crippen LogP contribution in [-0.4, -0.2) is 22.8 Å². The normalized spacial score (nSPS) is 27.0. The van der Waals surface area contributed by atoms with Gasteiger partial charge in [-0.15, -0.1) is 0 Å². The van der Waals surface area contributed by atoms with Crippen LogP contribution in [0.3, 0.4) is 0 Å². The molecule has 1 heterocycles. The molecule has 1 fully saturated rings. The number of rotatable bonds is 6. The summed E-state index contributed by atoms with van der Waals surface area (Å²) in [5, 5.41) is 4.24. The van der Waals surface area contributed by atoms with Crippen LogP contribution in [0.1, 0.15) is 77.9 Å². The number of nitrogens with zero attached hydrogens (tertiary/aromatic N) is 2. The highest BCUT2D eigenvalue weighted by atomic mass is 16.5. The molecule has 0 bridgehead atoms. The highest BCUT2D eigenvalue weighted by molar-refractivity contribution is 5.12. The van der Waals surface area contributed by atoms with Gasteiger partial charge in [0.05, 0.1) is 5.41 Å². The first-order valence-corrected chi connectivity index (χ1v) is 8.26. The number of ether oxygens (including phenoxy) is 1. The van der Waals surface area contributed by atoms with E-state index >= 15 is 0 Å². The third kappa shape index (κ3) is 2.86. The lowest BCUT2D eigenvalue weighted by atomic mass is 9.72. The summed E-state index contributed by atoms with van der Waals surface area (Å²) in [6.07, 6.45) is 6.05. The van der Waals surface area contributed by atoms with Crippen LogP contribution in [0.5, 0.6) is 0 Å². The largest absolute Gasteiger partial charge is 0.367 e. The Bertz CT molecular complexity index is 438. The van der Waals surface area contributed by atoms with E-state index < -0.39 is 5.60 Å². The average molecular weight is 295 g/mol. The molecule has 0 aliphatic heterocycles. The van der Waals surface area contributed by atoms with E-state index in [9.17, 15) is 0 Å². The minimum Gasteiger partial charge on any atom is -0.367 e. The van der Waals surface area contributed by atoms with Crippen molar-refractivity contribution in [2.75, 3.05) is 6.61 Å². The van der Waals surface area contributed by atoms with E-state index in [0.717, 1.165) is 25.7 Å². The molecule has 0 radical (unpaired) electrons. The molecule has 0 saturated heterocycles. The second-order valence-electron chi connectivity index (χ2n) is 6.33. The number of hydrogen-bond donors (Lipinski definition) is 1. The van der Waals surface area contributed by atoms with Crippen LogP contribution in [0.25, 0.3) is 0 Å². The van der Waals surface area contributed by atoms with Crippen LogP contribution in [0.15, 0.2) is 4.52 Å². The van der Waals surface area contributed by atoms with Gasteiger partial charge in [-0.3, -0.25) is 0 Å². The van der Waals surface area contributed by atoms with Gasteiger partial charge in [-0.25, -0.2) is 0 Å². The van der Waals surface area contributed by atoms with Gasteiger partial charge in [0.1, 0.15) is 5.60 Å². The van der Waals surface area contributed by atoms with Crippen molar-refractivity contribution in [1.29, 1.82) is 0 Å². The summed E-state index contributed by atoms with van der Waals surface area (Å²) in [5.74, 6) is 1.35. The molecule has 120 valence electrons. The van der Waals surface area contributed by atoms with E-state index in [1.807, 2.05) is 6.92 Å². The fraction of sp³-hybridized carbons (Fsp3) is 0.875. The van der Waals surface area contributed by atoms with Gasteiger partial charge in [0.2, 0.25) is 11.7 Å². The van der Waals surface area contributed by atoms with Gasteiger partial charge in [-0.2, -0.15) is 4.98 Å². The molecule has 2 rings (SSSR count). The molecule has 2 N–H and O–H groups in total. The van der Waals surface area contributed by atoms with E-state index in [1.165, 1.54) is 12.8 Å². The van der Waals surface area contributed by atoms with Crippen molar-refractivity contribution in [1.82, 2.24) is 10.1 Å². The highest BCUT2D eigenvalue weighted by Gasteiger charge is 2.43. The fourth-order valence-corrected chi connectivity index (χ4v) is 3.38. The van der Waals surface area contributed by atoms with Gasteiger partial charge >= 0.3 is 0 Å². The summed E-state index contributed by atoms with van der Waals surface area (Å²) in [5.41, 5.74) is 5.68. The zero-order valence-corrected chi connectivity index (χ0v) is 13.8. The highest BCUT2D eigenvalue weighted by Crippen LogP contribution is 2.39. The minimum absolute atomic E-state index is 0.0873. The summed E-state index contributed by atoms with van der Waals surface area (Å²) in [4.78, 5) is 4.71. The second kappa shape index (κ2) is 6.44. The lowest BCUT2D eigenvalue weighted by Gasteiger charge is -2.36. The maximum Gasteiger partial charge on any atom is 0.234 e. The SMILES string of the molecule is CCOC(CC)(CC)c1noc(C2(C)CCCCC2N)n1. The van der Waals surface area contributed by atoms with Crippen molar-refractivity contribution in [3.05, 3.63) is 11.7 Å².